The summed E-state index contributed by atoms with van der Waals surface area (Å²) in [5.74, 6) is 0. The summed E-state index contributed by atoms with van der Waals surface area (Å²) < 4.78 is 0. The van der Waals surface area contributed by atoms with E-state index in [-0.39, 0.29) is 0 Å². The Kier molecular flexibility index (Phi) is 29.5. The van der Waals surface area contributed by atoms with Crippen molar-refractivity contribution in [2.45, 2.75) is 173 Å². The lowest BCUT2D eigenvalue weighted by atomic mass is 10.0. The molecule has 0 unspecified atom stereocenters. The Bertz CT molecular complexity index is 364. The SMILES string of the molecule is Cl[Si](Cl)(Cl)CCCCCCCCCCCCCCCCCCCCCCCCCCCCBr. The molecule has 0 saturated carbocycles. The van der Waals surface area contributed by atoms with E-state index in [2.05, 4.69) is 15.9 Å². The fourth-order valence-electron chi connectivity index (χ4n) is 4.66. The average Bonchev–Trinajstić information content (AvgIpc) is 2.78. The Morgan fingerprint density at radius 3 is 0.667 bits per heavy atom. The highest BCUT2D eigenvalue weighted by atomic mass is 79.9. The van der Waals surface area contributed by atoms with Crippen molar-refractivity contribution in [3.8, 4) is 0 Å². The Morgan fingerprint density at radius 1 is 0.303 bits per heavy atom. The molecule has 0 bridgehead atoms. The van der Waals surface area contributed by atoms with E-state index in [0.717, 1.165) is 12.5 Å². The quantitative estimate of drug-likeness (QED) is 0.0360. The smallest absolute Gasteiger partial charge is 0.126 e. The van der Waals surface area contributed by atoms with E-state index in [4.69, 9.17) is 33.2 Å². The number of halogens is 4. The van der Waals surface area contributed by atoms with E-state index < -0.39 is 6.00 Å². The van der Waals surface area contributed by atoms with Gasteiger partial charge < -0.3 is 0 Å². The molecule has 0 radical (unpaired) electrons. The normalized spacial score (nSPS) is 12.0. The maximum atomic E-state index is 5.91. The van der Waals surface area contributed by atoms with Crippen LogP contribution >= 0.6 is 49.2 Å². The van der Waals surface area contributed by atoms with Crippen LogP contribution in [0.4, 0.5) is 0 Å². The van der Waals surface area contributed by atoms with Crippen molar-refractivity contribution in [2.75, 3.05) is 5.33 Å². The highest BCUT2D eigenvalue weighted by Gasteiger charge is 2.23. The van der Waals surface area contributed by atoms with Crippen molar-refractivity contribution >= 4 is 55.2 Å². The maximum absolute atomic E-state index is 5.91. The summed E-state index contributed by atoms with van der Waals surface area (Å²) in [6.45, 7) is 0. The molecule has 0 spiro atoms. The Balaban J connectivity index is 3.03. The molecule has 0 aromatic carbocycles. The van der Waals surface area contributed by atoms with Crippen LogP contribution in [0, 0.1) is 0 Å². The summed E-state index contributed by atoms with van der Waals surface area (Å²) in [5.41, 5.74) is 0. The molecule has 33 heavy (non-hydrogen) atoms. The van der Waals surface area contributed by atoms with E-state index in [1.807, 2.05) is 0 Å². The molecule has 0 amide bonds. The van der Waals surface area contributed by atoms with E-state index in [1.54, 1.807) is 0 Å². The van der Waals surface area contributed by atoms with E-state index in [9.17, 15) is 0 Å². The standard InChI is InChI=1S/C28H56BrCl3Si/c29-27-25-23-21-19-17-15-13-11-9-7-5-3-1-2-4-6-8-10-12-14-16-18-20-22-24-26-28-33(30,31)32/h1-28H2. The number of hydrogen-bond donors (Lipinski definition) is 0. The van der Waals surface area contributed by atoms with Crippen molar-refractivity contribution in [3.05, 3.63) is 0 Å². The third-order valence-corrected chi connectivity index (χ3v) is 10.0. The van der Waals surface area contributed by atoms with E-state index in [0.29, 0.717) is 0 Å². The van der Waals surface area contributed by atoms with Crippen molar-refractivity contribution in [3.63, 3.8) is 0 Å². The van der Waals surface area contributed by atoms with Crippen LogP contribution in [-0.4, -0.2) is 11.3 Å². The summed E-state index contributed by atoms with van der Waals surface area (Å²) in [5, 5.41) is 1.18. The van der Waals surface area contributed by atoms with Gasteiger partial charge in [0.05, 0.1) is 0 Å². The molecule has 5 heteroatoms. The molecule has 0 nitrogen and oxygen atoms in total. The second-order valence-electron chi connectivity index (χ2n) is 10.2. The summed E-state index contributed by atoms with van der Waals surface area (Å²) in [7, 11) is 0. The van der Waals surface area contributed by atoms with Crippen molar-refractivity contribution in [2.24, 2.45) is 0 Å². The summed E-state index contributed by atoms with van der Waals surface area (Å²) >= 11 is 21.2. The highest BCUT2D eigenvalue weighted by Crippen LogP contribution is 2.27. The van der Waals surface area contributed by atoms with Gasteiger partial charge in [-0.1, -0.05) is 176 Å². The van der Waals surface area contributed by atoms with Crippen molar-refractivity contribution < 1.29 is 0 Å². The zero-order chi connectivity index (χ0) is 24.3. The number of rotatable bonds is 28. The van der Waals surface area contributed by atoms with Crippen LogP contribution in [0.3, 0.4) is 0 Å². The lowest BCUT2D eigenvalue weighted by molar-refractivity contribution is 0.516. The summed E-state index contributed by atoms with van der Waals surface area (Å²) in [6.07, 6.45) is 36.9. The molecular weight excluding hydrogens is 551 g/mol. The molecule has 200 valence electrons. The zero-order valence-electron chi connectivity index (χ0n) is 21.8. The predicted molar refractivity (Wildman–Crippen MR) is 162 cm³/mol. The monoisotopic (exact) mass is 604 g/mol. The van der Waals surface area contributed by atoms with Gasteiger partial charge in [0.25, 0.3) is 0 Å². The van der Waals surface area contributed by atoms with Crippen molar-refractivity contribution in [1.29, 1.82) is 0 Å². The minimum Gasteiger partial charge on any atom is -0.126 e. The fraction of sp³-hybridized carbons (Fsp3) is 1.00. The van der Waals surface area contributed by atoms with Crippen LogP contribution in [0.15, 0.2) is 0 Å². The minimum absolute atomic E-state index is 0.830. The molecule has 0 atom stereocenters. The molecule has 0 aliphatic carbocycles. The molecule has 0 aromatic heterocycles. The third-order valence-electron chi connectivity index (χ3n) is 6.84. The van der Waals surface area contributed by atoms with Gasteiger partial charge in [0.15, 0.2) is 0 Å². The third kappa shape index (κ3) is 33.6. The van der Waals surface area contributed by atoms with Gasteiger partial charge in [0, 0.05) is 5.33 Å². The molecule has 0 saturated heterocycles. The second kappa shape index (κ2) is 28.1. The first-order valence-corrected chi connectivity index (χ1v) is 21.1. The average molecular weight is 607 g/mol. The molecule has 0 aromatic rings. The van der Waals surface area contributed by atoms with E-state index >= 15 is 0 Å². The van der Waals surface area contributed by atoms with Crippen LogP contribution in [0.5, 0.6) is 0 Å². The Labute approximate surface area is 232 Å². The molecule has 0 aliphatic heterocycles. The minimum atomic E-state index is -2.36. The zero-order valence-corrected chi connectivity index (χ0v) is 26.7. The van der Waals surface area contributed by atoms with Crippen LogP contribution in [0.2, 0.25) is 6.04 Å². The summed E-state index contributed by atoms with van der Waals surface area (Å²) in [4.78, 5) is 0. The Hall–Kier alpha value is 1.57. The lowest BCUT2D eigenvalue weighted by Crippen LogP contribution is -2.07. The van der Waals surface area contributed by atoms with E-state index in [1.165, 1.54) is 166 Å². The second-order valence-corrected chi connectivity index (χ2v) is 20.3. The molecule has 0 fully saturated rings. The van der Waals surface area contributed by atoms with Crippen LogP contribution in [0.25, 0.3) is 0 Å². The fourth-order valence-corrected chi connectivity index (χ4v) is 6.91. The molecular formula is C28H56BrCl3Si. The maximum Gasteiger partial charge on any atom is 0.341 e. The van der Waals surface area contributed by atoms with Crippen LogP contribution < -0.4 is 0 Å². The largest absolute Gasteiger partial charge is 0.341 e. The number of alkyl halides is 1. The van der Waals surface area contributed by atoms with Gasteiger partial charge in [-0.05, 0) is 12.5 Å². The summed E-state index contributed by atoms with van der Waals surface area (Å²) in [6, 6.07) is -1.53. The predicted octanol–water partition coefficient (Wildman–Crippen LogP) is 13.2. The van der Waals surface area contributed by atoms with Gasteiger partial charge in [-0.2, -0.15) is 0 Å². The van der Waals surface area contributed by atoms with Crippen LogP contribution in [0.1, 0.15) is 167 Å². The van der Waals surface area contributed by atoms with Gasteiger partial charge in [0.2, 0.25) is 0 Å². The lowest BCUT2D eigenvalue weighted by Gasteiger charge is -2.07. The first-order chi connectivity index (χ1) is 16.1. The first kappa shape index (κ1) is 34.6. The van der Waals surface area contributed by atoms with Gasteiger partial charge in [0.1, 0.15) is 0 Å². The molecule has 0 aliphatic rings. The topological polar surface area (TPSA) is 0 Å². The van der Waals surface area contributed by atoms with Gasteiger partial charge >= 0.3 is 6.00 Å². The van der Waals surface area contributed by atoms with Crippen molar-refractivity contribution in [1.82, 2.24) is 0 Å². The number of unbranched alkanes of at least 4 members (excludes halogenated alkanes) is 25. The van der Waals surface area contributed by atoms with Gasteiger partial charge in [-0.15, -0.1) is 33.2 Å². The molecule has 0 heterocycles. The van der Waals surface area contributed by atoms with Gasteiger partial charge in [-0.3, -0.25) is 0 Å². The molecule has 0 N–H and O–H groups in total. The first-order valence-electron chi connectivity index (χ1n) is 14.7. The molecule has 0 rings (SSSR count). The number of hydrogen-bond acceptors (Lipinski definition) is 0. The van der Waals surface area contributed by atoms with Crippen LogP contribution in [-0.2, 0) is 0 Å². The Morgan fingerprint density at radius 2 is 0.485 bits per heavy atom. The van der Waals surface area contributed by atoms with Gasteiger partial charge in [-0.25, -0.2) is 0 Å². The highest BCUT2D eigenvalue weighted by molar-refractivity contribution is 9.09.